The lowest BCUT2D eigenvalue weighted by Gasteiger charge is -2.36. The third kappa shape index (κ3) is 2.66. The molecule has 2 aliphatic carbocycles. The fourth-order valence-electron chi connectivity index (χ4n) is 3.26. The number of thiazole rings is 1. The van der Waals surface area contributed by atoms with Crippen LogP contribution in [0.15, 0.2) is 0 Å². The fraction of sp³-hybridized carbons (Fsp3) is 0.812. The van der Waals surface area contributed by atoms with Crippen LogP contribution in [0.1, 0.15) is 66.9 Å². The molecule has 0 saturated heterocycles. The van der Waals surface area contributed by atoms with E-state index in [1.54, 1.807) is 0 Å². The summed E-state index contributed by atoms with van der Waals surface area (Å²) in [4.78, 5) is 6.47. The van der Waals surface area contributed by atoms with Gasteiger partial charge in [0.1, 0.15) is 10.6 Å². The summed E-state index contributed by atoms with van der Waals surface area (Å²) in [5.74, 6) is 1.55. The van der Waals surface area contributed by atoms with Crippen LogP contribution in [0.5, 0.6) is 0 Å². The average Bonchev–Trinajstić information content (AvgIpc) is 3.22. The van der Waals surface area contributed by atoms with E-state index in [-0.39, 0.29) is 5.60 Å². The Morgan fingerprint density at radius 2 is 2.00 bits per heavy atom. The van der Waals surface area contributed by atoms with E-state index in [2.05, 4.69) is 12.2 Å². The van der Waals surface area contributed by atoms with Crippen LogP contribution >= 0.6 is 11.3 Å². The predicted molar refractivity (Wildman–Crippen MR) is 83.2 cm³/mol. The van der Waals surface area contributed by atoms with Crippen molar-refractivity contribution in [3.8, 4) is 0 Å². The Morgan fingerprint density at radius 1 is 1.30 bits per heavy atom. The van der Waals surface area contributed by atoms with Crippen molar-refractivity contribution in [2.75, 3.05) is 14.2 Å². The Kier molecular flexibility index (Phi) is 4.16. The fourth-order valence-corrected chi connectivity index (χ4v) is 4.64. The molecule has 1 aromatic rings. The summed E-state index contributed by atoms with van der Waals surface area (Å²) in [5.41, 5.74) is 1.25. The molecule has 3 nitrogen and oxygen atoms in total. The maximum absolute atomic E-state index is 5.99. The number of ether oxygens (including phenoxy) is 1. The maximum Gasteiger partial charge on any atom is 0.125 e. The number of hydrogen-bond acceptors (Lipinski definition) is 4. The number of hydrogen-bond donors (Lipinski definition) is 1. The molecule has 0 spiro atoms. The molecule has 2 aliphatic rings. The number of methoxy groups -OCH3 is 1. The van der Waals surface area contributed by atoms with Crippen LogP contribution in [0.25, 0.3) is 0 Å². The summed E-state index contributed by atoms with van der Waals surface area (Å²) in [6.45, 7) is 3.29. The summed E-state index contributed by atoms with van der Waals surface area (Å²) in [7, 11) is 3.89. The number of rotatable bonds is 5. The molecular formula is C16H26N2OS. The van der Waals surface area contributed by atoms with E-state index in [1.165, 1.54) is 41.3 Å². The Morgan fingerprint density at radius 3 is 2.55 bits per heavy atom. The van der Waals surface area contributed by atoms with Gasteiger partial charge < -0.3 is 10.1 Å². The molecule has 0 bridgehead atoms. The van der Waals surface area contributed by atoms with E-state index in [0.717, 1.165) is 31.2 Å². The van der Waals surface area contributed by atoms with Gasteiger partial charge >= 0.3 is 0 Å². The Hall–Kier alpha value is -0.450. The van der Waals surface area contributed by atoms with Crippen LogP contribution in [0.4, 0.5) is 0 Å². The summed E-state index contributed by atoms with van der Waals surface area (Å²) >= 11 is 1.88. The highest BCUT2D eigenvalue weighted by Gasteiger charge is 2.40. The molecule has 3 rings (SSSR count). The van der Waals surface area contributed by atoms with Gasteiger partial charge in [-0.2, -0.15) is 0 Å². The van der Waals surface area contributed by atoms with E-state index in [1.807, 2.05) is 25.5 Å². The van der Waals surface area contributed by atoms with Gasteiger partial charge in [-0.15, -0.1) is 11.3 Å². The van der Waals surface area contributed by atoms with Gasteiger partial charge in [-0.05, 0) is 51.5 Å². The van der Waals surface area contributed by atoms with Crippen molar-refractivity contribution in [2.45, 2.75) is 63.5 Å². The van der Waals surface area contributed by atoms with Crippen molar-refractivity contribution in [1.82, 2.24) is 10.3 Å². The normalized spacial score (nSPS) is 30.6. The van der Waals surface area contributed by atoms with E-state index >= 15 is 0 Å². The topological polar surface area (TPSA) is 34.1 Å². The molecule has 1 aromatic heterocycles. The van der Waals surface area contributed by atoms with Crippen molar-refractivity contribution in [3.63, 3.8) is 0 Å². The highest BCUT2D eigenvalue weighted by Crippen LogP contribution is 2.48. The lowest BCUT2D eigenvalue weighted by Crippen LogP contribution is -2.33. The van der Waals surface area contributed by atoms with Crippen molar-refractivity contribution >= 4 is 11.3 Å². The van der Waals surface area contributed by atoms with Crippen LogP contribution in [0, 0.1) is 5.92 Å². The monoisotopic (exact) mass is 294 g/mol. The lowest BCUT2D eigenvalue weighted by molar-refractivity contribution is -0.0531. The van der Waals surface area contributed by atoms with Crippen LogP contribution in [0.2, 0.25) is 0 Å². The van der Waals surface area contributed by atoms with E-state index in [4.69, 9.17) is 9.72 Å². The predicted octanol–water partition coefficient (Wildman–Crippen LogP) is 3.79. The minimum atomic E-state index is -0.104. The molecule has 2 fully saturated rings. The molecule has 0 amide bonds. The van der Waals surface area contributed by atoms with E-state index < -0.39 is 0 Å². The molecule has 2 saturated carbocycles. The number of nitrogens with one attached hydrogen (secondary N) is 1. The van der Waals surface area contributed by atoms with Crippen molar-refractivity contribution in [1.29, 1.82) is 0 Å². The first-order chi connectivity index (χ1) is 9.68. The standard InChI is InChI=1S/C16H26N2OS/c1-11-6-8-16(19-3,9-7-11)15-18-14(12-4-5-12)13(20-15)10-17-2/h11-12,17H,4-10H2,1-3H3. The molecule has 0 unspecified atom stereocenters. The van der Waals surface area contributed by atoms with E-state index in [0.29, 0.717) is 0 Å². The van der Waals surface area contributed by atoms with Crippen LogP contribution in [0.3, 0.4) is 0 Å². The van der Waals surface area contributed by atoms with Crippen molar-refractivity contribution in [2.24, 2.45) is 5.92 Å². The quantitative estimate of drug-likeness (QED) is 0.897. The van der Waals surface area contributed by atoms with Gasteiger partial charge in [-0.25, -0.2) is 4.98 Å². The lowest BCUT2D eigenvalue weighted by atomic mass is 9.80. The molecule has 0 aromatic carbocycles. The maximum atomic E-state index is 5.99. The second-order valence-corrected chi connectivity index (χ2v) is 7.60. The van der Waals surface area contributed by atoms with E-state index in [9.17, 15) is 0 Å². The third-order valence-corrected chi connectivity index (χ3v) is 6.15. The van der Waals surface area contributed by atoms with Gasteiger partial charge in [-0.1, -0.05) is 6.92 Å². The highest BCUT2D eigenvalue weighted by molar-refractivity contribution is 7.11. The van der Waals surface area contributed by atoms with Crippen molar-refractivity contribution in [3.05, 3.63) is 15.6 Å². The molecular weight excluding hydrogens is 268 g/mol. The second-order valence-electron chi connectivity index (χ2n) is 6.51. The molecule has 1 heterocycles. The van der Waals surface area contributed by atoms with Gasteiger partial charge in [0.2, 0.25) is 0 Å². The average molecular weight is 294 g/mol. The minimum absolute atomic E-state index is 0.104. The number of aromatic nitrogens is 1. The van der Waals surface area contributed by atoms with Crippen molar-refractivity contribution < 1.29 is 4.74 Å². The van der Waals surface area contributed by atoms with Crippen LogP contribution < -0.4 is 5.32 Å². The summed E-state index contributed by atoms with van der Waals surface area (Å²) in [6, 6.07) is 0. The SMILES string of the molecule is CNCc1sc(C2(OC)CCC(C)CC2)nc1C1CC1. The molecule has 1 N–H and O–H groups in total. The molecule has 0 aliphatic heterocycles. The summed E-state index contributed by atoms with van der Waals surface area (Å²) < 4.78 is 5.99. The summed E-state index contributed by atoms with van der Waals surface area (Å²) in [5, 5.41) is 4.53. The number of nitrogens with zero attached hydrogens (tertiary/aromatic N) is 1. The zero-order valence-corrected chi connectivity index (χ0v) is 13.7. The first-order valence-electron chi connectivity index (χ1n) is 7.88. The highest BCUT2D eigenvalue weighted by atomic mass is 32.1. The molecule has 20 heavy (non-hydrogen) atoms. The molecule has 0 radical (unpaired) electrons. The van der Waals surface area contributed by atoms with Crippen LogP contribution in [-0.2, 0) is 16.9 Å². The third-order valence-electron chi connectivity index (χ3n) is 4.89. The first-order valence-corrected chi connectivity index (χ1v) is 8.70. The minimum Gasteiger partial charge on any atom is -0.371 e. The Balaban J connectivity index is 1.89. The Labute approximate surface area is 126 Å². The largest absolute Gasteiger partial charge is 0.371 e. The van der Waals surface area contributed by atoms with Crippen LogP contribution in [-0.4, -0.2) is 19.1 Å². The smallest absolute Gasteiger partial charge is 0.125 e. The van der Waals surface area contributed by atoms with Gasteiger partial charge in [0, 0.05) is 24.4 Å². The van der Waals surface area contributed by atoms with Gasteiger partial charge in [0.15, 0.2) is 0 Å². The summed E-state index contributed by atoms with van der Waals surface area (Å²) in [6.07, 6.45) is 7.40. The van der Waals surface area contributed by atoms with Gasteiger partial charge in [0.05, 0.1) is 5.69 Å². The first kappa shape index (κ1) is 14.5. The van der Waals surface area contributed by atoms with Gasteiger partial charge in [-0.3, -0.25) is 0 Å². The molecule has 0 atom stereocenters. The molecule has 4 heteroatoms. The Bertz CT molecular complexity index is 459. The van der Waals surface area contributed by atoms with Gasteiger partial charge in [0.25, 0.3) is 0 Å². The molecule has 112 valence electrons. The zero-order chi connectivity index (χ0) is 14.2. The zero-order valence-electron chi connectivity index (χ0n) is 12.9. The second kappa shape index (κ2) is 5.74.